The number of nitrogens with one attached hydrogen (secondary N) is 4. The second-order valence-corrected chi connectivity index (χ2v) is 33.0. The average Bonchev–Trinajstić information content (AvgIpc) is 0.916. The number of nitriles is 4. The predicted octanol–water partition coefficient (Wildman–Crippen LogP) is 21.2. The molecule has 4 fully saturated rings. The van der Waals surface area contributed by atoms with E-state index in [1.54, 1.807) is 48.5 Å². The Balaban J connectivity index is 0.000000165. The molecule has 3 aliphatic heterocycles. The monoisotopic (exact) mass is 1690 g/mol. The Morgan fingerprint density at radius 1 is 0.508 bits per heavy atom. The molecule has 10 aromatic rings. The molecule has 0 aromatic heterocycles. The second kappa shape index (κ2) is 40.5. The molecule has 0 bridgehead atoms. The number of amides is 3. The van der Waals surface area contributed by atoms with Crippen molar-refractivity contribution in [1.29, 1.82) is 21.0 Å². The van der Waals surface area contributed by atoms with Crippen molar-refractivity contribution in [3.8, 4) is 57.7 Å². The van der Waals surface area contributed by atoms with Crippen molar-refractivity contribution in [3.05, 3.63) is 300 Å². The normalized spacial score (nSPS) is 15.9. The van der Waals surface area contributed by atoms with Gasteiger partial charge in [-0.25, -0.2) is 4.39 Å². The molecule has 1 saturated carbocycles. The third-order valence-electron chi connectivity index (χ3n) is 23.2. The zero-order valence-electron chi connectivity index (χ0n) is 66.9. The summed E-state index contributed by atoms with van der Waals surface area (Å²) in [6, 6.07) is 77.0. The first-order valence-electron chi connectivity index (χ1n) is 40.0. The zero-order chi connectivity index (χ0) is 85.1. The average molecular weight is 1700 g/mol. The lowest BCUT2D eigenvalue weighted by molar-refractivity contribution is -0.140. The van der Waals surface area contributed by atoms with Gasteiger partial charge in [-0.1, -0.05) is 187 Å². The Labute approximate surface area is 718 Å². The highest BCUT2D eigenvalue weighted by molar-refractivity contribution is 6.35. The molecule has 0 unspecified atom stereocenters. The van der Waals surface area contributed by atoms with Gasteiger partial charge in [0.15, 0.2) is 0 Å². The summed E-state index contributed by atoms with van der Waals surface area (Å²) in [6.45, 7) is 10.0. The molecule has 120 heavy (non-hydrogen) atoms. The van der Waals surface area contributed by atoms with Crippen LogP contribution in [0.4, 0.5) is 34.6 Å². The van der Waals surface area contributed by atoms with Crippen molar-refractivity contribution in [2.75, 3.05) is 82.0 Å². The van der Waals surface area contributed by atoms with Crippen LogP contribution in [-0.4, -0.2) is 115 Å². The minimum Gasteiger partial charge on any atom is -0.360 e. The van der Waals surface area contributed by atoms with Crippen molar-refractivity contribution < 1.29 is 36.7 Å². The number of halogens is 8. The van der Waals surface area contributed by atoms with E-state index >= 15 is 0 Å². The number of piperidine rings is 3. The van der Waals surface area contributed by atoms with Gasteiger partial charge < -0.3 is 30.5 Å². The van der Waals surface area contributed by atoms with Crippen molar-refractivity contribution in [2.45, 2.75) is 120 Å². The summed E-state index contributed by atoms with van der Waals surface area (Å²) in [4.78, 5) is 48.6. The standard InChI is InChI=1S/C34H28Cl2N4O2.C32H32F4N4O.C30H32Cl2N4O/c35-30-17-31(36)19-32(18-30)39-33(41)23-42-34(12-14-40(15-13-34)22-28-6-2-1-5-27(28)21-38)29-10-8-25(9-11-29)26-7-3-4-24(16-26)20-37;33-29-13-12-26(19-28(29)32(34,35)36)39-30(41)21-38-31(14-16-40(17-15-31)27-6-1-2-7-27)25-10-8-23(9-11-25)24-5-3-4-22(18-24)20-37;1-21(2)36(20-29(37)34-28-17-26(31)16-27(32)18-28)30(11-13-35(3)14-12-30)25-9-7-23(8-10-25)24-6-4-5-22(15-24)19-33/h1-11,16-19H,12-15,22-23H2,(H,39,41);3-5,8-13,18-19,27,38H,1-2,6-7,14-17,21H2,(H,39,41);4-10,15-18,21H,11-14,20H2,1-3H3,(H,34,37). The van der Waals surface area contributed by atoms with E-state index in [2.05, 4.69) is 110 Å². The molecule has 0 atom stereocenters. The number of carbonyl (C=O) groups is 3. The lowest BCUT2D eigenvalue weighted by atomic mass is 9.78. The van der Waals surface area contributed by atoms with E-state index in [0.717, 1.165) is 121 Å². The topological polar surface area (TPSA) is 217 Å². The second-order valence-electron chi connectivity index (χ2n) is 31.3. The Hall–Kier alpha value is -10.8. The van der Waals surface area contributed by atoms with E-state index in [1.807, 2.05) is 133 Å². The summed E-state index contributed by atoms with van der Waals surface area (Å²) < 4.78 is 59.6. The lowest BCUT2D eigenvalue weighted by Gasteiger charge is -2.50. The maximum Gasteiger partial charge on any atom is 0.419 e. The van der Waals surface area contributed by atoms with Gasteiger partial charge in [-0.2, -0.15) is 34.2 Å². The van der Waals surface area contributed by atoms with Gasteiger partial charge in [-0.15, -0.1) is 0 Å². The third-order valence-corrected chi connectivity index (χ3v) is 24.0. The van der Waals surface area contributed by atoms with Gasteiger partial charge >= 0.3 is 6.18 Å². The van der Waals surface area contributed by atoms with Crippen LogP contribution in [-0.2, 0) is 48.5 Å². The van der Waals surface area contributed by atoms with E-state index in [-0.39, 0.29) is 48.8 Å². The van der Waals surface area contributed by atoms with Gasteiger partial charge in [0, 0.05) is 93.0 Å². The van der Waals surface area contributed by atoms with E-state index in [0.29, 0.717) is 91.3 Å². The maximum atomic E-state index is 13.7. The Morgan fingerprint density at radius 3 is 1.47 bits per heavy atom. The minimum atomic E-state index is -4.86. The highest BCUT2D eigenvalue weighted by atomic mass is 35.5. The summed E-state index contributed by atoms with van der Waals surface area (Å²) >= 11 is 24.5. The van der Waals surface area contributed by atoms with E-state index < -0.39 is 34.6 Å². The number of rotatable bonds is 22. The van der Waals surface area contributed by atoms with Gasteiger partial charge in [-0.05, 0) is 238 Å². The van der Waals surface area contributed by atoms with E-state index in [4.69, 9.17) is 51.1 Å². The molecule has 616 valence electrons. The Morgan fingerprint density at radius 2 is 0.983 bits per heavy atom. The number of alkyl halides is 3. The van der Waals surface area contributed by atoms with E-state index in [9.17, 15) is 53.0 Å². The fraction of sp³-hybridized carbons (Fsp3) is 0.302. The SMILES string of the molecule is CC(C)N(CC(=O)Nc1cc(Cl)cc(Cl)c1)C1(c2ccc(-c3cccc(C#N)c3)cc2)CCN(C)CC1.N#Cc1cccc(-c2ccc(C3(NCC(=O)Nc4ccc(F)c(C(F)(F)F)c4)CCN(C4CCCC4)CC3)cc2)c1.N#Cc1cccc(-c2ccc(C3(OCC(=O)Nc4cc(Cl)cc(Cl)c4)CCN(Cc4ccccc4C#N)CC3)cc2)c1. The molecule has 14 rings (SSSR count). The molecule has 0 radical (unpaired) electrons. The molecule has 3 heterocycles. The fourth-order valence-electron chi connectivity index (χ4n) is 16.8. The van der Waals surface area contributed by atoms with Crippen LogP contribution in [0.2, 0.25) is 20.1 Å². The predicted molar refractivity (Wildman–Crippen MR) is 466 cm³/mol. The number of ether oxygens (including phenoxy) is 1. The molecule has 4 aliphatic rings. The van der Waals surface area contributed by atoms with Crippen LogP contribution >= 0.6 is 46.4 Å². The van der Waals surface area contributed by atoms with Crippen LogP contribution in [0.25, 0.3) is 33.4 Å². The number of benzene rings is 10. The molecule has 3 amide bonds. The van der Waals surface area contributed by atoms with Gasteiger partial charge in [0.05, 0.1) is 70.8 Å². The first kappa shape index (κ1) is 88.5. The Bertz CT molecular complexity index is 5400. The highest BCUT2D eigenvalue weighted by Crippen LogP contribution is 2.44. The summed E-state index contributed by atoms with van der Waals surface area (Å²) in [6.07, 6.45) is 4.77. The smallest absolute Gasteiger partial charge is 0.360 e. The largest absolute Gasteiger partial charge is 0.419 e. The summed E-state index contributed by atoms with van der Waals surface area (Å²) in [5.74, 6) is -2.30. The molecule has 3 saturated heterocycles. The highest BCUT2D eigenvalue weighted by Gasteiger charge is 2.44. The van der Waals surface area contributed by atoms with Crippen molar-refractivity contribution in [1.82, 2.24) is 24.9 Å². The fourth-order valence-corrected chi connectivity index (χ4v) is 17.8. The molecular weight excluding hydrogens is 1600 g/mol. The molecule has 10 aromatic carbocycles. The van der Waals surface area contributed by atoms with Crippen molar-refractivity contribution >= 4 is 81.2 Å². The van der Waals surface area contributed by atoms with Crippen LogP contribution in [0.5, 0.6) is 0 Å². The first-order valence-corrected chi connectivity index (χ1v) is 41.6. The molecule has 1 aliphatic carbocycles. The quantitative estimate of drug-likeness (QED) is 0.0465. The van der Waals surface area contributed by atoms with Crippen LogP contribution in [0.1, 0.15) is 128 Å². The van der Waals surface area contributed by atoms with Gasteiger partial charge in [0.1, 0.15) is 12.4 Å². The number of hydrogen-bond donors (Lipinski definition) is 4. The Kier molecular flexibility index (Phi) is 29.9. The molecule has 0 spiro atoms. The lowest BCUT2D eigenvalue weighted by Crippen LogP contribution is -2.56. The number of likely N-dealkylation sites (tertiary alicyclic amines) is 3. The third kappa shape index (κ3) is 22.8. The number of carbonyl (C=O) groups excluding carboxylic acids is 3. The number of hydrogen-bond acceptors (Lipinski definition) is 13. The molecule has 16 nitrogen and oxygen atoms in total. The summed E-state index contributed by atoms with van der Waals surface area (Å²) in [7, 11) is 2.14. The minimum absolute atomic E-state index is 0.102. The number of anilines is 3. The van der Waals surface area contributed by atoms with Crippen LogP contribution < -0.4 is 21.3 Å². The van der Waals surface area contributed by atoms with Crippen LogP contribution in [0.15, 0.2) is 224 Å². The zero-order valence-corrected chi connectivity index (χ0v) is 69.9. The molecular formula is C96H92Cl4F4N12O4. The van der Waals surface area contributed by atoms with Gasteiger partial charge in [0.2, 0.25) is 17.7 Å². The van der Waals surface area contributed by atoms with E-state index in [1.165, 1.54) is 31.2 Å². The maximum absolute atomic E-state index is 13.7. The van der Waals surface area contributed by atoms with Gasteiger partial charge in [0.25, 0.3) is 0 Å². The summed E-state index contributed by atoms with van der Waals surface area (Å²) in [5.41, 5.74) is 10.8. The van der Waals surface area contributed by atoms with Crippen molar-refractivity contribution in [3.63, 3.8) is 0 Å². The van der Waals surface area contributed by atoms with Crippen molar-refractivity contribution in [2.24, 2.45) is 0 Å². The molecule has 4 N–H and O–H groups in total. The van der Waals surface area contributed by atoms with Gasteiger partial charge in [-0.3, -0.25) is 29.5 Å². The summed E-state index contributed by atoms with van der Waals surface area (Å²) in [5, 5.41) is 50.9. The number of nitrogens with zero attached hydrogens (tertiary/aromatic N) is 8. The van der Waals surface area contributed by atoms with Crippen LogP contribution in [0, 0.1) is 51.1 Å². The first-order chi connectivity index (χ1) is 57.7. The van der Waals surface area contributed by atoms with Crippen LogP contribution in [0.3, 0.4) is 0 Å². The molecule has 24 heteroatoms.